The minimum Gasteiger partial charge on any atom is -0.804 e. The summed E-state index contributed by atoms with van der Waals surface area (Å²) in [5, 5.41) is 0. The fourth-order valence-electron chi connectivity index (χ4n) is 0. The molecule has 5 heavy (non-hydrogen) atoms. The molecule has 0 heterocycles. The summed E-state index contributed by atoms with van der Waals surface area (Å²) in [5.41, 5.74) is 0. The second-order valence-electron chi connectivity index (χ2n) is 0.0962. The van der Waals surface area contributed by atoms with Crippen molar-refractivity contribution in [3.63, 3.8) is 0 Å². The fourth-order valence-corrected chi connectivity index (χ4v) is 0. The molecule has 28 valence electrons. The van der Waals surface area contributed by atoms with Crippen LogP contribution in [0.5, 0.6) is 0 Å². The Morgan fingerprint density at radius 1 is 1.60 bits per heavy atom. The first-order valence-corrected chi connectivity index (χ1v) is 1.41. The van der Waals surface area contributed by atoms with Crippen LogP contribution in [0.4, 0.5) is 0 Å². The third-order valence-electron chi connectivity index (χ3n) is 0. The zero-order chi connectivity index (χ0) is 2.71. The van der Waals surface area contributed by atoms with Gasteiger partial charge in [0.15, 0.2) is 0 Å². The molecule has 0 aliphatic carbocycles. The Hall–Kier alpha value is 1.15. The van der Waals surface area contributed by atoms with Crippen molar-refractivity contribution in [2.45, 2.75) is 0 Å². The Balaban J connectivity index is -0.0000000200. The van der Waals surface area contributed by atoms with Gasteiger partial charge in [-0.05, 0) is 8.69 Å². The van der Waals surface area contributed by atoms with Crippen molar-refractivity contribution in [1.29, 1.82) is 0 Å². The Bertz CT molecular complexity index is 14.4. The Labute approximate surface area is 53.3 Å². The first kappa shape index (κ1) is 16.4. The molecule has 1 atom stereocenters. The minimum atomic E-state index is -1.75. The maximum Gasteiger partial charge on any atom is 1.00 e. The Morgan fingerprint density at radius 3 is 1.60 bits per heavy atom. The van der Waals surface area contributed by atoms with Gasteiger partial charge in [0.05, 0.1) is 0 Å². The van der Waals surface area contributed by atoms with E-state index in [2.05, 4.69) is 0 Å². The molecule has 0 bridgehead atoms. The number of rotatable bonds is 0. The maximum atomic E-state index is 8.46. The first-order valence-electron chi connectivity index (χ1n) is 0.471. The predicted molar refractivity (Wildman–Crippen MR) is 14.0 cm³/mol. The number of hydrogen-bond donors (Lipinski definition) is 0. The maximum absolute atomic E-state index is 8.46. The number of hydrogen-bond acceptors (Lipinski definition) is 2. The van der Waals surface area contributed by atoms with Crippen LogP contribution in [0, 0.1) is 0 Å². The average molecular weight is 106 g/mol. The van der Waals surface area contributed by atoms with Crippen LogP contribution in [0.2, 0.25) is 0 Å². The summed E-state index contributed by atoms with van der Waals surface area (Å²) in [4.78, 5) is 8.46. The normalized spacial score (nSPS) is 5.80. The van der Waals surface area contributed by atoms with Gasteiger partial charge in [-0.3, -0.25) is 0 Å². The summed E-state index contributed by atoms with van der Waals surface area (Å²) in [7, 11) is -1.75. The van der Waals surface area contributed by atoms with Crippen molar-refractivity contribution in [3.8, 4) is 0 Å². The summed E-state index contributed by atoms with van der Waals surface area (Å²) < 4.78 is 8.46. The van der Waals surface area contributed by atoms with Gasteiger partial charge >= 0.3 is 29.6 Å². The second kappa shape index (κ2) is 19.2. The molecule has 0 amide bonds. The van der Waals surface area contributed by atoms with Crippen molar-refractivity contribution >= 4 is 8.69 Å². The van der Waals surface area contributed by atoms with E-state index in [9.17, 15) is 0 Å². The average Bonchev–Trinajstić information content (AvgIpc) is 0.918. The summed E-state index contributed by atoms with van der Waals surface area (Å²) >= 11 is 0. The Morgan fingerprint density at radius 2 is 1.60 bits per heavy atom. The third kappa shape index (κ3) is 38.6. The molecule has 0 aromatic heterocycles. The molecule has 5 heteroatoms. The molecule has 0 aromatic rings. The van der Waals surface area contributed by atoms with Crippen LogP contribution in [0.15, 0.2) is 0 Å². The van der Waals surface area contributed by atoms with Gasteiger partial charge in [-0.1, -0.05) is 0 Å². The van der Waals surface area contributed by atoms with Crippen LogP contribution in [0.3, 0.4) is 0 Å². The first-order chi connectivity index (χ1) is 1.41. The van der Waals surface area contributed by atoms with Gasteiger partial charge in [0, 0.05) is 0 Å². The van der Waals surface area contributed by atoms with Crippen LogP contribution in [-0.4, -0.2) is 5.48 Å². The van der Waals surface area contributed by atoms with E-state index in [1.807, 2.05) is 0 Å². The largest absolute Gasteiger partial charge is 1.00 e. The van der Waals surface area contributed by atoms with E-state index in [4.69, 9.17) is 9.46 Å². The van der Waals surface area contributed by atoms with Gasteiger partial charge in [-0.15, -0.1) is 0 Å². The van der Waals surface area contributed by atoms with Crippen LogP contribution < -0.4 is 34.5 Å². The van der Waals surface area contributed by atoms with Gasteiger partial charge in [0.1, 0.15) is 0 Å². The monoisotopic (exact) mass is 106 g/mol. The van der Waals surface area contributed by atoms with Gasteiger partial charge in [-0.25, -0.2) is 0 Å². The summed E-state index contributed by atoms with van der Waals surface area (Å²) in [6, 6.07) is 0. The van der Waals surface area contributed by atoms with E-state index in [0.717, 1.165) is 0 Å². The van der Waals surface area contributed by atoms with Crippen LogP contribution in [0.25, 0.3) is 0 Å². The third-order valence-corrected chi connectivity index (χ3v) is 0. The molecule has 0 aromatic carbocycles. The Kier molecular flexibility index (Phi) is 63.1. The van der Waals surface area contributed by atoms with Crippen molar-refractivity contribution < 1.29 is 44.5 Å². The molecular weight excluding hydrogens is 102 g/mol. The standard InChI is InChI=1S/Na.H3O2P.H2O/c;1-3-2;/h;3H2,(H,1,2);1H2/q+1;;/p-1. The molecule has 2 N–H and O–H groups in total. The van der Waals surface area contributed by atoms with Crippen molar-refractivity contribution in [3.05, 3.63) is 0 Å². The van der Waals surface area contributed by atoms with Crippen molar-refractivity contribution in [2.24, 2.45) is 0 Å². The topological polar surface area (TPSA) is 71.6 Å². The summed E-state index contributed by atoms with van der Waals surface area (Å²) in [6.07, 6.45) is 0. The minimum absolute atomic E-state index is 0. The van der Waals surface area contributed by atoms with E-state index in [0.29, 0.717) is 0 Å². The molecule has 0 spiro atoms. The zero-order valence-electron chi connectivity index (χ0n) is 2.89. The van der Waals surface area contributed by atoms with Gasteiger partial charge < -0.3 is 14.9 Å². The van der Waals surface area contributed by atoms with E-state index in [1.54, 1.807) is 0 Å². The van der Waals surface area contributed by atoms with E-state index in [1.165, 1.54) is 0 Å². The molecule has 0 saturated heterocycles. The molecule has 0 rings (SSSR count). The molecular formula is H4NaO3P. The van der Waals surface area contributed by atoms with Gasteiger partial charge in [-0.2, -0.15) is 0 Å². The molecule has 0 fully saturated rings. The molecule has 0 aliphatic heterocycles. The fraction of sp³-hybridized carbons (Fsp3) is 0. The van der Waals surface area contributed by atoms with Crippen molar-refractivity contribution in [1.82, 2.24) is 0 Å². The predicted octanol–water partition coefficient (Wildman–Crippen LogP) is -4.80. The van der Waals surface area contributed by atoms with E-state index in [-0.39, 0.29) is 35.0 Å². The summed E-state index contributed by atoms with van der Waals surface area (Å²) in [5.74, 6) is 0. The molecule has 0 saturated carbocycles. The summed E-state index contributed by atoms with van der Waals surface area (Å²) in [6.45, 7) is 0. The molecule has 3 nitrogen and oxygen atoms in total. The quantitative estimate of drug-likeness (QED) is 0.229. The van der Waals surface area contributed by atoms with E-state index >= 15 is 0 Å². The molecule has 1 unspecified atom stereocenters. The zero-order valence-corrected chi connectivity index (χ0v) is 6.05. The SMILES string of the molecule is O.O=[PH2][O-].[Na+]. The molecule has 0 radical (unpaired) electrons. The second-order valence-corrected chi connectivity index (χ2v) is 0.289. The van der Waals surface area contributed by atoms with Crippen LogP contribution in [-0.2, 0) is 4.57 Å². The van der Waals surface area contributed by atoms with Gasteiger partial charge in [0.2, 0.25) is 0 Å². The van der Waals surface area contributed by atoms with Gasteiger partial charge in [0.25, 0.3) is 0 Å². The molecule has 0 aliphatic rings. The van der Waals surface area contributed by atoms with Crippen molar-refractivity contribution in [2.75, 3.05) is 0 Å². The van der Waals surface area contributed by atoms with Crippen LogP contribution in [0.1, 0.15) is 0 Å². The van der Waals surface area contributed by atoms with Crippen LogP contribution >= 0.6 is 8.69 Å². The smallest absolute Gasteiger partial charge is 0.804 e. The van der Waals surface area contributed by atoms with E-state index < -0.39 is 8.69 Å².